The SMILES string of the molecule is CC[n+]1cccc(N=Nc2c(O)ccc3ccccc23)c1.CC[n+]1cccc(N=Nc2c(O)ccc3ccccc23)c1.[Cl][Zn-2]([Cl])([Cl])[Cl]. The summed E-state index contributed by atoms with van der Waals surface area (Å²) in [5.74, 6) is 0.272. The van der Waals surface area contributed by atoms with Gasteiger partial charge in [-0.3, -0.25) is 0 Å². The van der Waals surface area contributed by atoms with Gasteiger partial charge in [0.25, 0.3) is 0 Å². The zero-order chi connectivity index (χ0) is 33.8. The van der Waals surface area contributed by atoms with Crippen LogP contribution in [0.5, 0.6) is 11.5 Å². The van der Waals surface area contributed by atoms with Crippen molar-refractivity contribution >= 4 is 83.1 Å². The third-order valence-electron chi connectivity index (χ3n) is 6.71. The topological polar surface area (TPSA) is 97.7 Å². The normalized spacial score (nSPS) is 11.4. The maximum absolute atomic E-state index is 10.0. The van der Waals surface area contributed by atoms with Crippen LogP contribution in [0.2, 0.25) is 0 Å². The Morgan fingerprint density at radius 3 is 1.30 bits per heavy atom. The second-order valence-corrected chi connectivity index (χ2v) is 37.8. The molecule has 6 rings (SSSR count). The number of halogens is 4. The van der Waals surface area contributed by atoms with Crippen molar-refractivity contribution < 1.29 is 30.2 Å². The summed E-state index contributed by atoms with van der Waals surface area (Å²) < 4.78 is 4.05. The minimum atomic E-state index is -3.36. The number of rotatable bonds is 6. The van der Waals surface area contributed by atoms with Gasteiger partial charge in [-0.25, -0.2) is 9.13 Å². The summed E-state index contributed by atoms with van der Waals surface area (Å²) in [7, 11) is 16.8. The van der Waals surface area contributed by atoms with Gasteiger partial charge in [0.1, 0.15) is 47.3 Å². The Bertz CT molecular complexity index is 1880. The third kappa shape index (κ3) is 11.2. The van der Waals surface area contributed by atoms with Crippen LogP contribution in [0, 0.1) is 0 Å². The molecule has 0 radical (unpaired) electrons. The molecular weight excluding hydrogens is 732 g/mol. The number of aromatic hydroxyl groups is 2. The molecular formula is C34H32Cl4N6O2Zn. The first-order valence-corrected chi connectivity index (χ1v) is 30.4. The summed E-state index contributed by atoms with van der Waals surface area (Å²) in [6, 6.07) is 30.3. The van der Waals surface area contributed by atoms with Crippen LogP contribution in [0.3, 0.4) is 0 Å². The van der Waals surface area contributed by atoms with Crippen molar-refractivity contribution in [2.45, 2.75) is 26.9 Å². The summed E-state index contributed by atoms with van der Waals surface area (Å²) in [5, 5.41) is 40.9. The molecule has 13 heteroatoms. The standard InChI is InChI=1S/2C17H15N3O.4ClH.Zn/c2*1-2-20-11-5-7-14(12-20)18-19-17-15-8-4-3-6-13(15)9-10-16(17)21;;;;;/h2*3-12H,2H2,1H3;4*1H;/q;;;;;;+2/p-2. The van der Waals surface area contributed by atoms with Crippen molar-refractivity contribution in [3.05, 3.63) is 122 Å². The molecule has 0 unspecified atom stereocenters. The summed E-state index contributed by atoms with van der Waals surface area (Å²) in [4.78, 5) is 0. The summed E-state index contributed by atoms with van der Waals surface area (Å²) in [6.45, 7) is 5.89. The molecule has 0 amide bonds. The van der Waals surface area contributed by atoms with Gasteiger partial charge in [-0.05, 0) is 48.9 Å². The third-order valence-corrected chi connectivity index (χ3v) is 6.71. The molecule has 0 fully saturated rings. The van der Waals surface area contributed by atoms with Gasteiger partial charge in [0, 0.05) is 22.9 Å². The first-order valence-electron chi connectivity index (χ1n) is 14.9. The van der Waals surface area contributed by atoms with Crippen LogP contribution in [-0.2, 0) is 23.9 Å². The molecule has 6 aromatic rings. The fraction of sp³-hybridized carbons (Fsp3) is 0.118. The van der Waals surface area contributed by atoms with E-state index in [2.05, 4.69) is 34.3 Å². The first kappa shape index (κ1) is 36.1. The first-order chi connectivity index (χ1) is 22.6. The van der Waals surface area contributed by atoms with Crippen LogP contribution in [-0.4, -0.2) is 10.2 Å². The molecule has 0 spiro atoms. The van der Waals surface area contributed by atoms with Gasteiger partial charge in [-0.1, -0.05) is 60.7 Å². The fourth-order valence-electron chi connectivity index (χ4n) is 4.44. The van der Waals surface area contributed by atoms with E-state index in [1.54, 1.807) is 12.1 Å². The zero-order valence-electron chi connectivity index (χ0n) is 25.8. The van der Waals surface area contributed by atoms with Gasteiger partial charge in [0.15, 0.2) is 24.8 Å². The molecule has 0 atom stereocenters. The van der Waals surface area contributed by atoms with Crippen LogP contribution in [0.4, 0.5) is 22.7 Å². The Kier molecular flexibility index (Phi) is 13.4. The number of hydrogen-bond acceptors (Lipinski definition) is 6. The number of phenols is 2. The second kappa shape index (κ2) is 17.4. The van der Waals surface area contributed by atoms with E-state index >= 15 is 0 Å². The molecule has 47 heavy (non-hydrogen) atoms. The van der Waals surface area contributed by atoms with Crippen LogP contribution >= 0.6 is 38.8 Å². The maximum atomic E-state index is 10.0. The van der Waals surface area contributed by atoms with Crippen LogP contribution in [0.15, 0.2) is 142 Å². The molecule has 0 saturated carbocycles. The monoisotopic (exact) mass is 760 g/mol. The van der Waals surface area contributed by atoms with E-state index in [9.17, 15) is 10.2 Å². The number of fused-ring (bicyclic) bond motifs is 2. The fourth-order valence-corrected chi connectivity index (χ4v) is 4.44. The molecule has 0 saturated heterocycles. The summed E-state index contributed by atoms with van der Waals surface area (Å²) >= 11 is 0. The van der Waals surface area contributed by atoms with Crippen molar-refractivity contribution in [1.29, 1.82) is 0 Å². The molecule has 2 heterocycles. The Hall–Kier alpha value is -3.72. The number of benzene rings is 4. The quantitative estimate of drug-likeness (QED) is 0.100. The molecule has 0 aliphatic rings. The van der Waals surface area contributed by atoms with Crippen molar-refractivity contribution in [1.82, 2.24) is 0 Å². The van der Waals surface area contributed by atoms with Gasteiger partial charge in [-0.15, -0.1) is 20.5 Å². The van der Waals surface area contributed by atoms with E-state index < -0.39 is 10.8 Å². The van der Waals surface area contributed by atoms with Gasteiger partial charge >= 0.3 is 49.6 Å². The van der Waals surface area contributed by atoms with E-state index in [0.717, 1.165) is 46.0 Å². The molecule has 0 aliphatic heterocycles. The van der Waals surface area contributed by atoms with Crippen molar-refractivity contribution in [2.24, 2.45) is 20.5 Å². The van der Waals surface area contributed by atoms with Gasteiger partial charge in [0.05, 0.1) is 0 Å². The number of azo groups is 2. The van der Waals surface area contributed by atoms with E-state index in [0.29, 0.717) is 11.4 Å². The van der Waals surface area contributed by atoms with Gasteiger partial charge in [-0.2, -0.15) is 0 Å². The van der Waals surface area contributed by atoms with Crippen molar-refractivity contribution in [3.8, 4) is 11.5 Å². The van der Waals surface area contributed by atoms with E-state index in [1.807, 2.05) is 119 Å². The van der Waals surface area contributed by atoms with Crippen LogP contribution < -0.4 is 9.13 Å². The van der Waals surface area contributed by atoms with Crippen LogP contribution in [0.1, 0.15) is 13.8 Å². The zero-order valence-corrected chi connectivity index (χ0v) is 31.7. The van der Waals surface area contributed by atoms with Gasteiger partial charge in [0.2, 0.25) is 0 Å². The van der Waals surface area contributed by atoms with E-state index in [4.69, 9.17) is 38.8 Å². The van der Waals surface area contributed by atoms with E-state index in [-0.39, 0.29) is 11.5 Å². The predicted octanol–water partition coefficient (Wildman–Crippen LogP) is 11.3. The number of aryl methyl sites for hydroxylation is 2. The Balaban J connectivity index is 0.000000186. The number of aromatic nitrogens is 2. The molecule has 0 aliphatic carbocycles. The number of pyridine rings is 2. The Morgan fingerprint density at radius 1 is 0.532 bits per heavy atom. The molecule has 4 aromatic carbocycles. The van der Waals surface area contributed by atoms with Crippen molar-refractivity contribution in [3.63, 3.8) is 0 Å². The Morgan fingerprint density at radius 2 is 0.915 bits per heavy atom. The molecule has 240 valence electrons. The van der Waals surface area contributed by atoms with E-state index in [1.165, 1.54) is 0 Å². The molecule has 2 aromatic heterocycles. The Labute approximate surface area is 292 Å². The summed E-state index contributed by atoms with van der Waals surface area (Å²) in [6.07, 6.45) is 7.81. The second-order valence-electron chi connectivity index (χ2n) is 10.1. The molecule has 8 nitrogen and oxygen atoms in total. The average Bonchev–Trinajstić information content (AvgIpc) is 3.07. The molecule has 2 N–H and O–H groups in total. The predicted molar refractivity (Wildman–Crippen MR) is 188 cm³/mol. The summed E-state index contributed by atoms with van der Waals surface area (Å²) in [5.41, 5.74) is 2.51. The van der Waals surface area contributed by atoms with Crippen molar-refractivity contribution in [2.75, 3.05) is 0 Å². The van der Waals surface area contributed by atoms with Crippen LogP contribution in [0.25, 0.3) is 21.5 Å². The van der Waals surface area contributed by atoms with Gasteiger partial charge < -0.3 is 10.2 Å². The molecule has 0 bridgehead atoms. The number of hydrogen-bond donors (Lipinski definition) is 2. The minimum absolute atomic E-state index is 0.136. The average molecular weight is 764 g/mol. The number of nitrogens with zero attached hydrogens (tertiary/aromatic N) is 6. The number of phenolic OH excluding ortho intramolecular Hbond substituents is 2.